The van der Waals surface area contributed by atoms with Crippen LogP contribution in [0.15, 0.2) is 66.9 Å². The molecule has 4 nitrogen and oxygen atoms in total. The molecule has 0 amide bonds. The minimum atomic E-state index is -2.53. The van der Waals surface area contributed by atoms with Crippen molar-refractivity contribution in [3.8, 4) is 0 Å². The molecule has 1 heterocycles. The summed E-state index contributed by atoms with van der Waals surface area (Å²) in [6.45, 7) is 8.33. The van der Waals surface area contributed by atoms with Crippen LogP contribution in [0.1, 0.15) is 50.3 Å². The zero-order valence-corrected chi connectivity index (χ0v) is 19.5. The Hall–Kier alpha value is -2.21. The highest BCUT2D eigenvalue weighted by Gasteiger charge is 2.51. The van der Waals surface area contributed by atoms with Gasteiger partial charge < -0.3 is 10.2 Å². The molecular weight excluding hydrogens is 386 g/mol. The number of aromatic nitrogens is 2. The Morgan fingerprint density at radius 3 is 2.07 bits per heavy atom. The average molecular weight is 420 g/mol. The maximum atomic E-state index is 7.18. The molecule has 1 aliphatic rings. The number of hydrogen-bond donors (Lipinski definition) is 1. The van der Waals surface area contributed by atoms with Crippen molar-refractivity contribution < 1.29 is 4.43 Å². The summed E-state index contributed by atoms with van der Waals surface area (Å²) in [6, 6.07) is 21.7. The molecule has 158 valence electrons. The van der Waals surface area contributed by atoms with E-state index in [9.17, 15) is 0 Å². The van der Waals surface area contributed by atoms with Gasteiger partial charge in [0.25, 0.3) is 8.32 Å². The minimum absolute atomic E-state index is 0.0170. The van der Waals surface area contributed by atoms with Crippen molar-refractivity contribution in [3.63, 3.8) is 0 Å². The quantitative estimate of drug-likeness (QED) is 0.622. The van der Waals surface area contributed by atoms with Gasteiger partial charge in [-0.2, -0.15) is 5.10 Å². The molecule has 1 aromatic heterocycles. The van der Waals surface area contributed by atoms with Gasteiger partial charge in [-0.1, -0.05) is 81.4 Å². The standard InChI is InChI=1S/C25H33N3OSi/c1-25(2,3)30(21-11-7-5-8-12-21,22-13-9-6-10-14-22)29-18-20-15-19(16-26)23-17-27-28(4)24(20)23/h5-14,17,19-20H,15-16,18,26H2,1-4H3/t19-,20+/m0/s1. The molecule has 4 rings (SSSR count). The topological polar surface area (TPSA) is 53.1 Å². The SMILES string of the molecule is Cn1ncc2c1[C@@H](CO[Si](c1ccccc1)(c1ccccc1)C(C)(C)C)C[C@H]2CN. The first-order valence-corrected chi connectivity index (χ1v) is 12.8. The lowest BCUT2D eigenvalue weighted by atomic mass is 10.0. The average Bonchev–Trinajstić information content (AvgIpc) is 3.30. The summed E-state index contributed by atoms with van der Waals surface area (Å²) in [5.41, 5.74) is 8.68. The van der Waals surface area contributed by atoms with Crippen LogP contribution in [-0.4, -0.2) is 31.2 Å². The Morgan fingerprint density at radius 2 is 1.57 bits per heavy atom. The van der Waals surface area contributed by atoms with Gasteiger partial charge in [-0.05, 0) is 33.9 Å². The van der Waals surface area contributed by atoms with Crippen LogP contribution < -0.4 is 16.1 Å². The maximum absolute atomic E-state index is 7.18. The fourth-order valence-electron chi connectivity index (χ4n) is 5.22. The van der Waals surface area contributed by atoms with E-state index < -0.39 is 8.32 Å². The van der Waals surface area contributed by atoms with Gasteiger partial charge in [0, 0.05) is 31.2 Å². The molecule has 1 aliphatic carbocycles. The van der Waals surface area contributed by atoms with Gasteiger partial charge in [0.05, 0.1) is 6.20 Å². The Labute approximate surface area is 181 Å². The van der Waals surface area contributed by atoms with Crippen molar-refractivity contribution >= 4 is 18.7 Å². The molecule has 2 N–H and O–H groups in total. The van der Waals surface area contributed by atoms with Crippen LogP contribution in [0.2, 0.25) is 5.04 Å². The summed E-state index contributed by atoms with van der Waals surface area (Å²) < 4.78 is 9.20. The van der Waals surface area contributed by atoms with E-state index in [0.717, 1.165) is 6.42 Å². The highest BCUT2D eigenvalue weighted by Crippen LogP contribution is 2.43. The van der Waals surface area contributed by atoms with Crippen LogP contribution in [0.25, 0.3) is 0 Å². The third-order valence-electron chi connectivity index (χ3n) is 6.61. The van der Waals surface area contributed by atoms with Crippen molar-refractivity contribution in [3.05, 3.63) is 78.1 Å². The number of aryl methyl sites for hydroxylation is 1. The van der Waals surface area contributed by atoms with Crippen LogP contribution in [-0.2, 0) is 11.5 Å². The van der Waals surface area contributed by atoms with E-state index in [4.69, 9.17) is 10.2 Å². The van der Waals surface area contributed by atoms with Gasteiger partial charge in [0.15, 0.2) is 0 Å². The van der Waals surface area contributed by atoms with Gasteiger partial charge in [0.1, 0.15) is 0 Å². The molecule has 0 bridgehead atoms. The fraction of sp³-hybridized carbons (Fsp3) is 0.400. The molecule has 3 aromatic rings. The second kappa shape index (κ2) is 8.14. The first kappa shape index (κ1) is 21.0. The Bertz CT molecular complexity index is 939. The van der Waals surface area contributed by atoms with E-state index in [1.807, 2.05) is 17.9 Å². The number of rotatable bonds is 6. The summed E-state index contributed by atoms with van der Waals surface area (Å²) in [4.78, 5) is 0. The molecule has 0 aliphatic heterocycles. The normalized spacial score (nSPS) is 19.1. The van der Waals surface area contributed by atoms with Crippen LogP contribution in [0.5, 0.6) is 0 Å². The predicted octanol–water partition coefficient (Wildman–Crippen LogP) is 3.53. The van der Waals surface area contributed by atoms with Crippen LogP contribution >= 0.6 is 0 Å². The van der Waals surface area contributed by atoms with Crippen molar-refractivity contribution in [2.45, 2.75) is 44.1 Å². The fourth-order valence-corrected chi connectivity index (χ4v) is 9.82. The van der Waals surface area contributed by atoms with Crippen molar-refractivity contribution in [2.75, 3.05) is 13.2 Å². The molecule has 0 radical (unpaired) electrons. The van der Waals surface area contributed by atoms with Crippen molar-refractivity contribution in [1.29, 1.82) is 0 Å². The highest BCUT2D eigenvalue weighted by molar-refractivity contribution is 6.99. The molecule has 30 heavy (non-hydrogen) atoms. The minimum Gasteiger partial charge on any atom is -0.407 e. The van der Waals surface area contributed by atoms with Gasteiger partial charge >= 0.3 is 0 Å². The molecule has 5 heteroatoms. The van der Waals surface area contributed by atoms with Gasteiger partial charge in [0.2, 0.25) is 0 Å². The third kappa shape index (κ3) is 3.45. The lowest BCUT2D eigenvalue weighted by Crippen LogP contribution is -2.66. The zero-order valence-electron chi connectivity index (χ0n) is 18.5. The van der Waals surface area contributed by atoms with E-state index >= 15 is 0 Å². The number of hydrogen-bond acceptors (Lipinski definition) is 3. The number of fused-ring (bicyclic) bond motifs is 1. The van der Waals surface area contributed by atoms with Crippen molar-refractivity contribution in [1.82, 2.24) is 9.78 Å². The second-order valence-corrected chi connectivity index (χ2v) is 13.8. The molecular formula is C25H33N3OSi. The Balaban J connectivity index is 1.76. The van der Waals surface area contributed by atoms with E-state index in [2.05, 4.69) is 86.5 Å². The van der Waals surface area contributed by atoms with E-state index in [-0.39, 0.29) is 5.04 Å². The van der Waals surface area contributed by atoms with E-state index in [1.165, 1.54) is 21.6 Å². The molecule has 2 atom stereocenters. The largest absolute Gasteiger partial charge is 0.407 e. The lowest BCUT2D eigenvalue weighted by Gasteiger charge is -2.43. The van der Waals surface area contributed by atoms with E-state index in [0.29, 0.717) is 25.0 Å². The summed E-state index contributed by atoms with van der Waals surface area (Å²) in [5.74, 6) is 0.698. The summed E-state index contributed by atoms with van der Waals surface area (Å²) >= 11 is 0. The lowest BCUT2D eigenvalue weighted by molar-refractivity contribution is 0.262. The molecule has 0 saturated carbocycles. The van der Waals surface area contributed by atoms with Crippen LogP contribution in [0.3, 0.4) is 0 Å². The molecule has 0 unspecified atom stereocenters. The first-order valence-electron chi connectivity index (χ1n) is 10.9. The Kier molecular flexibility index (Phi) is 5.71. The van der Waals surface area contributed by atoms with Crippen LogP contribution in [0.4, 0.5) is 0 Å². The predicted molar refractivity (Wildman–Crippen MR) is 126 cm³/mol. The number of benzene rings is 2. The summed E-state index contributed by atoms with van der Waals surface area (Å²) in [6.07, 6.45) is 3.03. The second-order valence-electron chi connectivity index (χ2n) is 9.45. The monoisotopic (exact) mass is 419 g/mol. The first-order chi connectivity index (χ1) is 14.4. The summed E-state index contributed by atoms with van der Waals surface area (Å²) in [5, 5.41) is 7.14. The third-order valence-corrected chi connectivity index (χ3v) is 11.6. The molecule has 0 spiro atoms. The van der Waals surface area contributed by atoms with E-state index in [1.54, 1.807) is 0 Å². The maximum Gasteiger partial charge on any atom is 0.261 e. The zero-order chi connectivity index (χ0) is 21.4. The molecule has 0 saturated heterocycles. The van der Waals surface area contributed by atoms with Gasteiger partial charge in [-0.3, -0.25) is 4.68 Å². The smallest absolute Gasteiger partial charge is 0.261 e. The number of nitrogens with zero attached hydrogens (tertiary/aromatic N) is 2. The van der Waals surface area contributed by atoms with Crippen molar-refractivity contribution in [2.24, 2.45) is 12.8 Å². The number of nitrogens with two attached hydrogens (primary N) is 1. The van der Waals surface area contributed by atoms with Gasteiger partial charge in [-0.25, -0.2) is 0 Å². The summed E-state index contributed by atoms with van der Waals surface area (Å²) in [7, 11) is -0.493. The highest BCUT2D eigenvalue weighted by atomic mass is 28.4. The van der Waals surface area contributed by atoms with Crippen LogP contribution in [0, 0.1) is 0 Å². The van der Waals surface area contributed by atoms with Gasteiger partial charge in [-0.15, -0.1) is 0 Å². The Morgan fingerprint density at radius 1 is 1.00 bits per heavy atom. The molecule has 2 aromatic carbocycles. The molecule has 0 fully saturated rings.